The number of benzene rings is 2. The lowest BCUT2D eigenvalue weighted by molar-refractivity contribution is -0.131. The van der Waals surface area contributed by atoms with Crippen LogP contribution in [0.25, 0.3) is 10.9 Å². The van der Waals surface area contributed by atoms with Crippen LogP contribution in [0.15, 0.2) is 67.4 Å². The first-order valence-corrected chi connectivity index (χ1v) is 8.60. The molecular weight excluding hydrogens is 346 g/mol. The van der Waals surface area contributed by atoms with Crippen molar-refractivity contribution in [1.29, 1.82) is 5.26 Å². The summed E-state index contributed by atoms with van der Waals surface area (Å²) in [6.45, 7) is 4.91. The van der Waals surface area contributed by atoms with Crippen molar-refractivity contribution >= 4 is 28.4 Å². The second-order valence-corrected chi connectivity index (χ2v) is 6.45. The van der Waals surface area contributed by atoms with Crippen molar-refractivity contribution in [1.82, 2.24) is 9.47 Å². The van der Waals surface area contributed by atoms with Crippen LogP contribution >= 0.6 is 11.6 Å². The van der Waals surface area contributed by atoms with Crippen molar-refractivity contribution in [3.05, 3.63) is 83.5 Å². The molecule has 5 heteroatoms. The van der Waals surface area contributed by atoms with Crippen LogP contribution in [0.4, 0.5) is 0 Å². The van der Waals surface area contributed by atoms with Gasteiger partial charge in [0, 0.05) is 29.8 Å². The molecule has 0 aliphatic heterocycles. The fourth-order valence-corrected chi connectivity index (χ4v) is 3.02. The predicted molar refractivity (Wildman–Crippen MR) is 104 cm³/mol. The van der Waals surface area contributed by atoms with E-state index < -0.39 is 0 Å². The fourth-order valence-electron chi connectivity index (χ4n) is 2.86. The molecule has 0 atom stereocenters. The summed E-state index contributed by atoms with van der Waals surface area (Å²) in [7, 11) is 0. The van der Waals surface area contributed by atoms with Crippen LogP contribution < -0.4 is 0 Å². The van der Waals surface area contributed by atoms with Gasteiger partial charge < -0.3 is 9.47 Å². The summed E-state index contributed by atoms with van der Waals surface area (Å²) < 4.78 is 1.90. The zero-order valence-electron chi connectivity index (χ0n) is 14.2. The van der Waals surface area contributed by atoms with Crippen molar-refractivity contribution in [3.63, 3.8) is 0 Å². The van der Waals surface area contributed by atoms with Crippen molar-refractivity contribution < 1.29 is 4.79 Å². The molecular formula is C21H18ClN3O. The summed E-state index contributed by atoms with van der Waals surface area (Å²) in [5, 5.41) is 10.6. The predicted octanol–water partition coefficient (Wildman–Crippen LogP) is 4.38. The third-order valence-electron chi connectivity index (χ3n) is 4.20. The van der Waals surface area contributed by atoms with Gasteiger partial charge in [-0.1, -0.05) is 35.9 Å². The van der Waals surface area contributed by atoms with Crippen LogP contribution in [0.1, 0.15) is 11.1 Å². The molecule has 0 spiro atoms. The highest BCUT2D eigenvalue weighted by Crippen LogP contribution is 2.21. The lowest BCUT2D eigenvalue weighted by atomic mass is 10.1. The van der Waals surface area contributed by atoms with E-state index in [1.165, 1.54) is 0 Å². The minimum atomic E-state index is -0.00765. The second kappa shape index (κ2) is 7.90. The van der Waals surface area contributed by atoms with Crippen LogP contribution in [0.5, 0.6) is 0 Å². The number of nitriles is 1. The average molecular weight is 364 g/mol. The summed E-state index contributed by atoms with van der Waals surface area (Å²) in [5.74, 6) is -0.00765. The van der Waals surface area contributed by atoms with Gasteiger partial charge in [-0.15, -0.1) is 6.58 Å². The zero-order valence-corrected chi connectivity index (χ0v) is 15.0. The lowest BCUT2D eigenvalue weighted by Crippen LogP contribution is -2.33. The van der Waals surface area contributed by atoms with E-state index in [4.69, 9.17) is 16.9 Å². The zero-order chi connectivity index (χ0) is 18.5. The molecule has 26 heavy (non-hydrogen) atoms. The maximum Gasteiger partial charge on any atom is 0.243 e. The third kappa shape index (κ3) is 3.96. The first-order chi connectivity index (χ1) is 12.6. The number of rotatable bonds is 6. The number of amides is 1. The Labute approximate surface area is 157 Å². The molecule has 2 aromatic carbocycles. The van der Waals surface area contributed by atoms with Crippen LogP contribution in [0.2, 0.25) is 5.02 Å². The molecule has 3 rings (SSSR count). The molecule has 0 aliphatic carbocycles. The summed E-state index contributed by atoms with van der Waals surface area (Å²) in [6, 6.07) is 17.0. The highest BCUT2D eigenvalue weighted by molar-refractivity contribution is 6.31. The fraction of sp³-hybridized carbons (Fsp3) is 0.143. The van der Waals surface area contributed by atoms with Gasteiger partial charge in [0.1, 0.15) is 6.54 Å². The smallest absolute Gasteiger partial charge is 0.243 e. The molecule has 0 fully saturated rings. The molecule has 0 aliphatic rings. The molecule has 0 bridgehead atoms. The van der Waals surface area contributed by atoms with Gasteiger partial charge in [0.15, 0.2) is 0 Å². The Morgan fingerprint density at radius 1 is 1.23 bits per heavy atom. The van der Waals surface area contributed by atoms with E-state index in [9.17, 15) is 4.79 Å². The number of carbonyl (C=O) groups is 1. The lowest BCUT2D eigenvalue weighted by Gasteiger charge is -2.22. The minimum absolute atomic E-state index is 0.00765. The number of aromatic nitrogens is 1. The van der Waals surface area contributed by atoms with Gasteiger partial charge in [-0.05, 0) is 41.3 Å². The van der Waals surface area contributed by atoms with E-state index >= 15 is 0 Å². The van der Waals surface area contributed by atoms with Crippen LogP contribution in [0, 0.1) is 11.3 Å². The molecule has 1 aromatic heterocycles. The average Bonchev–Trinajstić information content (AvgIpc) is 3.04. The molecule has 1 heterocycles. The highest BCUT2D eigenvalue weighted by Gasteiger charge is 2.14. The van der Waals surface area contributed by atoms with Gasteiger partial charge in [-0.2, -0.15) is 5.26 Å². The number of hydrogen-bond acceptors (Lipinski definition) is 2. The molecule has 0 N–H and O–H groups in total. The Morgan fingerprint density at radius 2 is 2.00 bits per heavy atom. The summed E-state index contributed by atoms with van der Waals surface area (Å²) in [6.07, 6.45) is 3.61. The Morgan fingerprint density at radius 3 is 2.69 bits per heavy atom. The maximum absolute atomic E-state index is 12.8. The number of nitrogens with zero attached hydrogens (tertiary/aromatic N) is 3. The molecule has 0 saturated carbocycles. The van der Waals surface area contributed by atoms with Gasteiger partial charge in [-0.25, -0.2) is 0 Å². The largest absolute Gasteiger partial charge is 0.338 e. The first-order valence-electron chi connectivity index (χ1n) is 8.23. The standard InChI is InChI=1S/C21H18ClN3O/c1-2-10-25(14-17-5-3-16(13-23)4-6-17)21(26)15-24-11-9-18-7-8-19(22)12-20(18)24/h2-9,11-12H,1,10,14-15H2. The van der Waals surface area contributed by atoms with Crippen molar-refractivity contribution in [2.45, 2.75) is 13.1 Å². The Hall–Kier alpha value is -3.03. The quantitative estimate of drug-likeness (QED) is 0.610. The van der Waals surface area contributed by atoms with Gasteiger partial charge >= 0.3 is 0 Å². The van der Waals surface area contributed by atoms with E-state index in [0.717, 1.165) is 16.5 Å². The number of carbonyl (C=O) groups excluding carboxylic acids is 1. The van der Waals surface area contributed by atoms with Crippen LogP contribution in [-0.4, -0.2) is 21.9 Å². The molecule has 1 amide bonds. The molecule has 130 valence electrons. The molecule has 4 nitrogen and oxygen atoms in total. The van der Waals surface area contributed by atoms with Crippen LogP contribution in [0.3, 0.4) is 0 Å². The van der Waals surface area contributed by atoms with E-state index in [-0.39, 0.29) is 12.5 Å². The summed E-state index contributed by atoms with van der Waals surface area (Å²) >= 11 is 6.08. The number of fused-ring (bicyclic) bond motifs is 1. The Bertz CT molecular complexity index is 983. The van der Waals surface area contributed by atoms with Gasteiger partial charge in [0.2, 0.25) is 5.91 Å². The number of hydrogen-bond donors (Lipinski definition) is 0. The Balaban J connectivity index is 1.78. The normalized spacial score (nSPS) is 10.5. The second-order valence-electron chi connectivity index (χ2n) is 6.02. The van der Waals surface area contributed by atoms with Crippen molar-refractivity contribution in [2.75, 3.05) is 6.54 Å². The van der Waals surface area contributed by atoms with Gasteiger partial charge in [0.05, 0.1) is 11.6 Å². The monoisotopic (exact) mass is 363 g/mol. The van der Waals surface area contributed by atoms with E-state index in [2.05, 4.69) is 12.6 Å². The molecule has 0 radical (unpaired) electrons. The van der Waals surface area contributed by atoms with Gasteiger partial charge in [0.25, 0.3) is 0 Å². The van der Waals surface area contributed by atoms with E-state index in [0.29, 0.717) is 23.7 Å². The minimum Gasteiger partial charge on any atom is -0.338 e. The SMILES string of the molecule is C=CCN(Cc1ccc(C#N)cc1)C(=O)Cn1ccc2ccc(Cl)cc21. The summed E-state index contributed by atoms with van der Waals surface area (Å²) in [5.41, 5.74) is 2.51. The Kier molecular flexibility index (Phi) is 5.40. The van der Waals surface area contributed by atoms with E-state index in [1.54, 1.807) is 23.1 Å². The maximum atomic E-state index is 12.8. The van der Waals surface area contributed by atoms with Crippen molar-refractivity contribution in [2.24, 2.45) is 0 Å². The molecule has 3 aromatic rings. The van der Waals surface area contributed by atoms with Crippen molar-refractivity contribution in [3.8, 4) is 6.07 Å². The topological polar surface area (TPSA) is 49.0 Å². The van der Waals surface area contributed by atoms with Crippen LogP contribution in [-0.2, 0) is 17.9 Å². The first kappa shape index (κ1) is 17.8. The molecule has 0 saturated heterocycles. The third-order valence-corrected chi connectivity index (χ3v) is 4.44. The van der Waals surface area contributed by atoms with Gasteiger partial charge in [-0.3, -0.25) is 4.79 Å². The van der Waals surface area contributed by atoms with E-state index in [1.807, 2.05) is 47.2 Å². The summed E-state index contributed by atoms with van der Waals surface area (Å²) in [4.78, 5) is 14.6. The number of halogens is 1. The molecule has 0 unspecified atom stereocenters. The highest BCUT2D eigenvalue weighted by atomic mass is 35.5.